The molecule has 118 valence electrons. The van der Waals surface area contributed by atoms with Crippen LogP contribution >= 0.6 is 0 Å². The molecule has 0 radical (unpaired) electrons. The Morgan fingerprint density at radius 2 is 1.70 bits per heavy atom. The standard InChI is InChI=1S/C14H27NO4S/c1-18-10-11-19-14-6-8-15(9-7-14)20(16,17)12-13-4-2-3-5-13/h13-14H,2-12H2,1H3. The van der Waals surface area contributed by atoms with Gasteiger partial charge in [-0.25, -0.2) is 12.7 Å². The van der Waals surface area contributed by atoms with Gasteiger partial charge in [0.15, 0.2) is 0 Å². The van der Waals surface area contributed by atoms with Crippen molar-refractivity contribution < 1.29 is 17.9 Å². The molecule has 0 spiro atoms. The van der Waals surface area contributed by atoms with Gasteiger partial charge >= 0.3 is 0 Å². The van der Waals surface area contributed by atoms with Crippen molar-refractivity contribution in [3.8, 4) is 0 Å². The summed E-state index contributed by atoms with van der Waals surface area (Å²) in [6.07, 6.45) is 6.32. The van der Waals surface area contributed by atoms with Crippen LogP contribution in [0.1, 0.15) is 38.5 Å². The van der Waals surface area contributed by atoms with Crippen LogP contribution in [0.25, 0.3) is 0 Å². The lowest BCUT2D eigenvalue weighted by molar-refractivity contribution is -0.00504. The lowest BCUT2D eigenvalue weighted by atomic mass is 10.1. The molecule has 0 amide bonds. The SMILES string of the molecule is COCCOC1CCN(S(=O)(=O)CC2CCCC2)CC1. The van der Waals surface area contributed by atoms with Gasteiger partial charge in [-0.2, -0.15) is 0 Å². The van der Waals surface area contributed by atoms with E-state index >= 15 is 0 Å². The Morgan fingerprint density at radius 3 is 2.30 bits per heavy atom. The van der Waals surface area contributed by atoms with Gasteiger partial charge in [0.1, 0.15) is 0 Å². The van der Waals surface area contributed by atoms with E-state index < -0.39 is 10.0 Å². The first-order chi connectivity index (χ1) is 9.62. The zero-order valence-electron chi connectivity index (χ0n) is 12.4. The minimum atomic E-state index is -3.06. The summed E-state index contributed by atoms with van der Waals surface area (Å²) >= 11 is 0. The van der Waals surface area contributed by atoms with E-state index in [1.54, 1.807) is 11.4 Å². The first-order valence-corrected chi connectivity index (χ1v) is 9.31. The van der Waals surface area contributed by atoms with Crippen LogP contribution in [0.2, 0.25) is 0 Å². The number of methoxy groups -OCH3 is 1. The average molecular weight is 305 g/mol. The summed E-state index contributed by atoms with van der Waals surface area (Å²) in [5.41, 5.74) is 0. The topological polar surface area (TPSA) is 55.8 Å². The lowest BCUT2D eigenvalue weighted by Crippen LogP contribution is -2.42. The third-order valence-corrected chi connectivity index (χ3v) is 6.40. The number of piperidine rings is 1. The Hall–Kier alpha value is -0.170. The Balaban J connectivity index is 1.74. The molecular formula is C14H27NO4S. The molecule has 1 aliphatic carbocycles. The molecule has 0 N–H and O–H groups in total. The smallest absolute Gasteiger partial charge is 0.214 e. The molecule has 0 bridgehead atoms. The van der Waals surface area contributed by atoms with Gasteiger partial charge in [-0.1, -0.05) is 12.8 Å². The minimum Gasteiger partial charge on any atom is -0.382 e. The van der Waals surface area contributed by atoms with Crippen molar-refractivity contribution >= 4 is 10.0 Å². The molecule has 0 aromatic heterocycles. The zero-order chi connectivity index (χ0) is 14.4. The molecule has 20 heavy (non-hydrogen) atoms. The molecule has 1 saturated carbocycles. The van der Waals surface area contributed by atoms with Crippen LogP contribution in [0.4, 0.5) is 0 Å². The molecule has 2 rings (SSSR count). The molecule has 0 unspecified atom stereocenters. The van der Waals surface area contributed by atoms with Gasteiger partial charge in [0.2, 0.25) is 10.0 Å². The Labute approximate surface area is 122 Å². The summed E-state index contributed by atoms with van der Waals surface area (Å²) < 4.78 is 37.0. The van der Waals surface area contributed by atoms with E-state index in [2.05, 4.69) is 0 Å². The Bertz CT molecular complexity index is 371. The van der Waals surface area contributed by atoms with Crippen LogP contribution in [-0.2, 0) is 19.5 Å². The first kappa shape index (κ1) is 16.2. The summed E-state index contributed by atoms with van der Waals surface area (Å²) in [5.74, 6) is 0.734. The van der Waals surface area contributed by atoms with Crippen molar-refractivity contribution in [1.29, 1.82) is 0 Å². The number of hydrogen-bond donors (Lipinski definition) is 0. The highest BCUT2D eigenvalue weighted by Gasteiger charge is 2.31. The van der Waals surface area contributed by atoms with Crippen molar-refractivity contribution in [3.63, 3.8) is 0 Å². The van der Waals surface area contributed by atoms with Crippen LogP contribution in [0.5, 0.6) is 0 Å². The monoisotopic (exact) mass is 305 g/mol. The van der Waals surface area contributed by atoms with Gasteiger partial charge in [-0.3, -0.25) is 0 Å². The van der Waals surface area contributed by atoms with Crippen molar-refractivity contribution in [2.75, 3.05) is 39.2 Å². The quantitative estimate of drug-likeness (QED) is 0.671. The van der Waals surface area contributed by atoms with Crippen LogP contribution in [0.15, 0.2) is 0 Å². The van der Waals surface area contributed by atoms with E-state index in [0.717, 1.165) is 25.7 Å². The minimum absolute atomic E-state index is 0.183. The van der Waals surface area contributed by atoms with Gasteiger partial charge < -0.3 is 9.47 Å². The second kappa shape index (κ2) is 7.73. The number of hydrogen-bond acceptors (Lipinski definition) is 4. The third kappa shape index (κ3) is 4.69. The molecule has 2 fully saturated rings. The highest BCUT2D eigenvalue weighted by molar-refractivity contribution is 7.89. The normalized spacial score (nSPS) is 23.4. The molecule has 1 aliphatic heterocycles. The summed E-state index contributed by atoms with van der Waals surface area (Å²) in [4.78, 5) is 0. The van der Waals surface area contributed by atoms with Crippen LogP contribution in [-0.4, -0.2) is 58.0 Å². The van der Waals surface area contributed by atoms with Crippen LogP contribution in [0.3, 0.4) is 0 Å². The van der Waals surface area contributed by atoms with Gasteiger partial charge in [0, 0.05) is 20.2 Å². The molecular weight excluding hydrogens is 278 g/mol. The van der Waals surface area contributed by atoms with E-state index in [9.17, 15) is 8.42 Å². The summed E-state index contributed by atoms with van der Waals surface area (Å²) in [6, 6.07) is 0. The second-order valence-corrected chi connectivity index (χ2v) is 7.90. The Morgan fingerprint density at radius 1 is 1.05 bits per heavy atom. The van der Waals surface area contributed by atoms with Crippen molar-refractivity contribution in [1.82, 2.24) is 4.31 Å². The van der Waals surface area contributed by atoms with E-state index in [-0.39, 0.29) is 6.10 Å². The molecule has 6 heteroatoms. The average Bonchev–Trinajstić information content (AvgIpc) is 2.92. The van der Waals surface area contributed by atoms with E-state index in [0.29, 0.717) is 38.0 Å². The highest BCUT2D eigenvalue weighted by Crippen LogP contribution is 2.28. The van der Waals surface area contributed by atoms with E-state index in [1.807, 2.05) is 0 Å². The fourth-order valence-corrected chi connectivity index (χ4v) is 5.06. The molecule has 2 aliphatic rings. The number of nitrogens with zero attached hydrogens (tertiary/aromatic N) is 1. The molecule has 0 aromatic carbocycles. The number of ether oxygens (including phenoxy) is 2. The molecule has 5 nitrogen and oxygen atoms in total. The molecule has 0 aromatic rings. The maximum Gasteiger partial charge on any atom is 0.214 e. The molecule has 0 atom stereocenters. The predicted octanol–water partition coefficient (Wildman–Crippen LogP) is 1.63. The first-order valence-electron chi connectivity index (χ1n) is 7.70. The Kier molecular flexibility index (Phi) is 6.26. The summed E-state index contributed by atoms with van der Waals surface area (Å²) in [5, 5.41) is 0. The third-order valence-electron chi connectivity index (χ3n) is 4.36. The highest BCUT2D eigenvalue weighted by atomic mass is 32.2. The fourth-order valence-electron chi connectivity index (χ4n) is 3.16. The molecule has 1 saturated heterocycles. The predicted molar refractivity (Wildman–Crippen MR) is 78.2 cm³/mol. The van der Waals surface area contributed by atoms with Crippen molar-refractivity contribution in [3.05, 3.63) is 0 Å². The maximum atomic E-state index is 12.4. The largest absolute Gasteiger partial charge is 0.382 e. The van der Waals surface area contributed by atoms with Crippen molar-refractivity contribution in [2.45, 2.75) is 44.6 Å². The lowest BCUT2D eigenvalue weighted by Gasteiger charge is -2.31. The van der Waals surface area contributed by atoms with Gasteiger partial charge in [0.25, 0.3) is 0 Å². The van der Waals surface area contributed by atoms with E-state index in [1.165, 1.54) is 12.8 Å². The maximum absolute atomic E-state index is 12.4. The number of rotatable bonds is 7. The van der Waals surface area contributed by atoms with Crippen molar-refractivity contribution in [2.24, 2.45) is 5.92 Å². The second-order valence-electron chi connectivity index (χ2n) is 5.89. The summed E-state index contributed by atoms with van der Waals surface area (Å²) in [6.45, 7) is 2.40. The number of sulfonamides is 1. The zero-order valence-corrected chi connectivity index (χ0v) is 13.2. The fraction of sp³-hybridized carbons (Fsp3) is 1.00. The van der Waals surface area contributed by atoms with Crippen LogP contribution < -0.4 is 0 Å². The van der Waals surface area contributed by atoms with Gasteiger partial charge in [-0.05, 0) is 31.6 Å². The van der Waals surface area contributed by atoms with Gasteiger partial charge in [-0.15, -0.1) is 0 Å². The molecule has 1 heterocycles. The van der Waals surface area contributed by atoms with Gasteiger partial charge in [0.05, 0.1) is 25.1 Å². The summed E-state index contributed by atoms with van der Waals surface area (Å²) in [7, 11) is -1.41. The van der Waals surface area contributed by atoms with Crippen LogP contribution in [0, 0.1) is 5.92 Å². The van der Waals surface area contributed by atoms with E-state index in [4.69, 9.17) is 9.47 Å².